The normalized spacial score (nSPS) is 31.5. The van der Waals surface area contributed by atoms with Crippen LogP contribution in [0.4, 0.5) is 0 Å². The van der Waals surface area contributed by atoms with Gasteiger partial charge in [-0.05, 0) is 19.8 Å². The van der Waals surface area contributed by atoms with Crippen LogP contribution in [0.15, 0.2) is 24.3 Å². The van der Waals surface area contributed by atoms with Gasteiger partial charge in [-0.25, -0.2) is 0 Å². The molecule has 0 aromatic carbocycles. The Morgan fingerprint density at radius 2 is 2.36 bits per heavy atom. The first-order chi connectivity index (χ1) is 5.38. The molecule has 0 aliphatic heterocycles. The lowest BCUT2D eigenvalue weighted by atomic mass is 9.92. The van der Waals surface area contributed by atoms with Crippen molar-refractivity contribution in [2.75, 3.05) is 7.11 Å². The number of rotatable bonds is 2. The minimum absolute atomic E-state index is 0.399. The number of hydrogen-bond acceptors (Lipinski definition) is 1. The Hall–Kier alpha value is -0.560. The molecule has 62 valence electrons. The molecule has 1 heteroatoms. The zero-order valence-corrected chi connectivity index (χ0v) is 7.29. The Labute approximate surface area is 68.8 Å². The number of methoxy groups -OCH3 is 1. The van der Waals surface area contributed by atoms with Crippen molar-refractivity contribution in [1.29, 1.82) is 0 Å². The lowest BCUT2D eigenvalue weighted by molar-refractivity contribution is 0.0724. The van der Waals surface area contributed by atoms with Crippen LogP contribution in [0.1, 0.15) is 19.8 Å². The van der Waals surface area contributed by atoms with Gasteiger partial charge in [-0.2, -0.15) is 0 Å². The van der Waals surface area contributed by atoms with E-state index in [0.29, 0.717) is 12.0 Å². The summed E-state index contributed by atoms with van der Waals surface area (Å²) in [6, 6.07) is 0. The largest absolute Gasteiger partial charge is 0.381 e. The zero-order valence-electron chi connectivity index (χ0n) is 7.29. The summed E-state index contributed by atoms with van der Waals surface area (Å²) in [5, 5.41) is 0. The van der Waals surface area contributed by atoms with E-state index in [9.17, 15) is 0 Å². The highest BCUT2D eigenvalue weighted by atomic mass is 16.5. The van der Waals surface area contributed by atoms with Crippen LogP contribution in [0.2, 0.25) is 0 Å². The van der Waals surface area contributed by atoms with E-state index in [2.05, 4.69) is 31.2 Å². The average molecular weight is 152 g/mol. The molecule has 0 heterocycles. The summed E-state index contributed by atoms with van der Waals surface area (Å²) in [6.07, 6.45) is 11.5. The quantitative estimate of drug-likeness (QED) is 0.552. The molecule has 0 aromatic rings. The molecule has 2 atom stereocenters. The fourth-order valence-electron chi connectivity index (χ4n) is 1.52. The van der Waals surface area contributed by atoms with Crippen LogP contribution in [0, 0.1) is 5.92 Å². The molecule has 0 aromatic heterocycles. The molecule has 0 fully saturated rings. The van der Waals surface area contributed by atoms with Crippen molar-refractivity contribution in [1.82, 2.24) is 0 Å². The molecule has 1 nitrogen and oxygen atoms in total. The summed E-state index contributed by atoms with van der Waals surface area (Å²) in [5.74, 6) is 0.499. The van der Waals surface area contributed by atoms with Gasteiger partial charge in [0.05, 0.1) is 6.10 Å². The van der Waals surface area contributed by atoms with Gasteiger partial charge in [0, 0.05) is 13.0 Å². The maximum Gasteiger partial charge on any atom is 0.0671 e. The van der Waals surface area contributed by atoms with Crippen molar-refractivity contribution >= 4 is 0 Å². The van der Waals surface area contributed by atoms with Crippen LogP contribution < -0.4 is 0 Å². The van der Waals surface area contributed by atoms with Gasteiger partial charge in [0.15, 0.2) is 0 Å². The highest BCUT2D eigenvalue weighted by molar-refractivity contribution is 5.06. The summed E-state index contributed by atoms with van der Waals surface area (Å²) in [6.45, 7) is 2.05. The lowest BCUT2D eigenvalue weighted by Gasteiger charge is -2.23. The van der Waals surface area contributed by atoms with Crippen molar-refractivity contribution in [2.24, 2.45) is 5.92 Å². The molecule has 0 spiro atoms. The molecule has 0 bridgehead atoms. The van der Waals surface area contributed by atoms with E-state index in [-0.39, 0.29) is 0 Å². The Bertz CT molecular complexity index is 158. The molecule has 2 unspecified atom stereocenters. The van der Waals surface area contributed by atoms with Crippen LogP contribution in [-0.2, 0) is 4.74 Å². The van der Waals surface area contributed by atoms with Gasteiger partial charge in [-0.15, -0.1) is 0 Å². The van der Waals surface area contributed by atoms with Gasteiger partial charge in [-0.3, -0.25) is 0 Å². The minimum atomic E-state index is 0.399. The molecule has 1 aliphatic carbocycles. The van der Waals surface area contributed by atoms with E-state index in [0.717, 1.165) is 12.8 Å². The molecule has 0 amide bonds. The third-order valence-electron chi connectivity index (χ3n) is 2.12. The van der Waals surface area contributed by atoms with Crippen molar-refractivity contribution in [2.45, 2.75) is 25.9 Å². The van der Waals surface area contributed by atoms with Gasteiger partial charge in [0.1, 0.15) is 0 Å². The van der Waals surface area contributed by atoms with E-state index >= 15 is 0 Å². The van der Waals surface area contributed by atoms with Crippen molar-refractivity contribution in [3.8, 4) is 0 Å². The van der Waals surface area contributed by atoms with Crippen LogP contribution in [0.3, 0.4) is 0 Å². The van der Waals surface area contributed by atoms with E-state index in [1.165, 1.54) is 0 Å². The molecule has 0 saturated heterocycles. The Morgan fingerprint density at radius 1 is 1.55 bits per heavy atom. The third kappa shape index (κ3) is 2.19. The summed E-state index contributed by atoms with van der Waals surface area (Å²) in [5.41, 5.74) is 0. The van der Waals surface area contributed by atoms with Gasteiger partial charge >= 0.3 is 0 Å². The maximum atomic E-state index is 5.35. The first kappa shape index (κ1) is 8.54. The Balaban J connectivity index is 2.57. The van der Waals surface area contributed by atoms with Gasteiger partial charge in [0.25, 0.3) is 0 Å². The molecule has 11 heavy (non-hydrogen) atoms. The molecule has 0 N–H and O–H groups in total. The average Bonchev–Trinajstić information content (AvgIpc) is 2.06. The smallest absolute Gasteiger partial charge is 0.0671 e. The van der Waals surface area contributed by atoms with Crippen molar-refractivity contribution in [3.05, 3.63) is 24.3 Å². The van der Waals surface area contributed by atoms with E-state index < -0.39 is 0 Å². The summed E-state index contributed by atoms with van der Waals surface area (Å²) < 4.78 is 5.35. The Kier molecular flexibility index (Phi) is 3.37. The fourth-order valence-corrected chi connectivity index (χ4v) is 1.52. The molecule has 0 saturated carbocycles. The first-order valence-electron chi connectivity index (χ1n) is 4.20. The maximum absolute atomic E-state index is 5.35. The second-order valence-corrected chi connectivity index (χ2v) is 2.88. The van der Waals surface area contributed by atoms with Crippen LogP contribution in [-0.4, -0.2) is 13.2 Å². The lowest BCUT2D eigenvalue weighted by Crippen LogP contribution is -2.21. The van der Waals surface area contributed by atoms with Crippen LogP contribution >= 0.6 is 0 Å². The number of ether oxygens (including phenoxy) is 1. The first-order valence-corrected chi connectivity index (χ1v) is 4.20. The van der Waals surface area contributed by atoms with Crippen LogP contribution in [0.25, 0.3) is 0 Å². The van der Waals surface area contributed by atoms with Gasteiger partial charge < -0.3 is 4.74 Å². The standard InChI is InChI=1S/C10H16O/c1-3-6-9-7-4-5-8-10(9)11-2/h3-4,6-7,9-10H,5,8H2,1-2H3. The highest BCUT2D eigenvalue weighted by Gasteiger charge is 2.17. The monoisotopic (exact) mass is 152 g/mol. The predicted molar refractivity (Wildman–Crippen MR) is 47.5 cm³/mol. The second-order valence-electron chi connectivity index (χ2n) is 2.88. The van der Waals surface area contributed by atoms with Gasteiger partial charge in [0.2, 0.25) is 0 Å². The molecule has 0 radical (unpaired) electrons. The minimum Gasteiger partial charge on any atom is -0.381 e. The zero-order chi connectivity index (χ0) is 8.10. The fraction of sp³-hybridized carbons (Fsp3) is 0.600. The Morgan fingerprint density at radius 3 is 3.00 bits per heavy atom. The molecule has 1 rings (SSSR count). The summed E-state index contributed by atoms with van der Waals surface area (Å²) in [4.78, 5) is 0. The second kappa shape index (κ2) is 4.35. The summed E-state index contributed by atoms with van der Waals surface area (Å²) >= 11 is 0. The number of allylic oxidation sites excluding steroid dienone is 2. The van der Waals surface area contributed by atoms with E-state index in [1.807, 2.05) is 0 Å². The van der Waals surface area contributed by atoms with Gasteiger partial charge in [-0.1, -0.05) is 24.3 Å². The van der Waals surface area contributed by atoms with E-state index in [4.69, 9.17) is 4.74 Å². The predicted octanol–water partition coefficient (Wildman–Crippen LogP) is 2.54. The molecule has 1 aliphatic rings. The van der Waals surface area contributed by atoms with Crippen molar-refractivity contribution < 1.29 is 4.74 Å². The van der Waals surface area contributed by atoms with Crippen LogP contribution in [0.5, 0.6) is 0 Å². The SMILES string of the molecule is CC=CC1C=CCCC1OC. The number of hydrogen-bond donors (Lipinski definition) is 0. The highest BCUT2D eigenvalue weighted by Crippen LogP contribution is 2.21. The van der Waals surface area contributed by atoms with Crippen molar-refractivity contribution in [3.63, 3.8) is 0 Å². The third-order valence-corrected chi connectivity index (χ3v) is 2.12. The molecular weight excluding hydrogens is 136 g/mol. The molecular formula is C10H16O. The topological polar surface area (TPSA) is 9.23 Å². The summed E-state index contributed by atoms with van der Waals surface area (Å²) in [7, 11) is 1.79. The van der Waals surface area contributed by atoms with E-state index in [1.54, 1.807) is 7.11 Å².